The molecule has 0 saturated carbocycles. The van der Waals surface area contributed by atoms with Crippen molar-refractivity contribution in [2.75, 3.05) is 0 Å². The van der Waals surface area contributed by atoms with Crippen LogP contribution in [0, 0.1) is 0 Å². The summed E-state index contributed by atoms with van der Waals surface area (Å²) in [5, 5.41) is 0. The summed E-state index contributed by atoms with van der Waals surface area (Å²) in [6.07, 6.45) is 0. The van der Waals surface area contributed by atoms with Gasteiger partial charge in [0.05, 0.1) is 0 Å². The number of benzene rings is 6. The minimum absolute atomic E-state index is 1.20. The molecule has 42 heavy (non-hydrogen) atoms. The fourth-order valence-electron chi connectivity index (χ4n) is 5.01. The first-order valence-electron chi connectivity index (χ1n) is 14.0. The maximum atomic E-state index is 2.22. The van der Waals surface area contributed by atoms with Crippen LogP contribution in [0.5, 0.6) is 0 Å². The lowest BCUT2D eigenvalue weighted by molar-refractivity contribution is 1.55. The van der Waals surface area contributed by atoms with E-state index in [4.69, 9.17) is 0 Å². The Bertz CT molecular complexity index is 1540. The highest BCUT2D eigenvalue weighted by atomic mass is 33.1. The van der Waals surface area contributed by atoms with Gasteiger partial charge in [-0.25, -0.2) is 0 Å². The summed E-state index contributed by atoms with van der Waals surface area (Å²) in [6, 6.07) is 64.5. The zero-order valence-electron chi connectivity index (χ0n) is 23.1. The van der Waals surface area contributed by atoms with Gasteiger partial charge in [0, 0.05) is 21.0 Å². The maximum absolute atomic E-state index is 2.22. The van der Waals surface area contributed by atoms with Crippen molar-refractivity contribution in [3.05, 3.63) is 215 Å². The molecule has 0 aromatic heterocycles. The van der Waals surface area contributed by atoms with Gasteiger partial charge in [0.1, 0.15) is 0 Å². The van der Waals surface area contributed by atoms with E-state index >= 15 is 0 Å². The van der Waals surface area contributed by atoms with Gasteiger partial charge < -0.3 is 0 Å². The lowest BCUT2D eigenvalue weighted by Crippen LogP contribution is -1.94. The van der Waals surface area contributed by atoms with Crippen molar-refractivity contribution in [3.63, 3.8) is 0 Å². The first-order chi connectivity index (χ1) is 20.9. The van der Waals surface area contributed by atoms with Gasteiger partial charge in [-0.05, 0) is 33.4 Å². The highest BCUT2D eigenvalue weighted by molar-refractivity contribution is 8.83. The molecule has 0 unspecified atom stereocenters. The maximum Gasteiger partial charge on any atom is 0.0343 e. The van der Waals surface area contributed by atoms with Crippen LogP contribution >= 0.6 is 21.6 Å². The fraction of sp³-hybridized carbons (Fsp3) is 0. The van der Waals surface area contributed by atoms with Crippen LogP contribution in [0.25, 0.3) is 21.0 Å². The molecule has 0 saturated heterocycles. The summed E-state index contributed by atoms with van der Waals surface area (Å²) in [6.45, 7) is 0. The first-order valence-corrected chi connectivity index (χ1v) is 16.2. The van der Waals surface area contributed by atoms with E-state index in [1.54, 1.807) is 0 Å². The molecule has 0 spiro atoms. The summed E-state index contributed by atoms with van der Waals surface area (Å²) in [5.74, 6) is 0. The SMILES string of the molecule is c1ccc(C(SSC(=C(c2ccccc2)c2ccccc2)c2ccccc2)=C(c2ccccc2)c2ccccc2)cc1. The van der Waals surface area contributed by atoms with Crippen LogP contribution in [0.2, 0.25) is 0 Å². The molecule has 6 aromatic carbocycles. The predicted octanol–water partition coefficient (Wildman–Crippen LogP) is 11.6. The van der Waals surface area contributed by atoms with E-state index in [-0.39, 0.29) is 0 Å². The lowest BCUT2D eigenvalue weighted by Gasteiger charge is -2.20. The van der Waals surface area contributed by atoms with Gasteiger partial charge >= 0.3 is 0 Å². The molecule has 0 bridgehead atoms. The molecule has 0 fully saturated rings. The Morgan fingerprint density at radius 2 is 0.429 bits per heavy atom. The van der Waals surface area contributed by atoms with E-state index < -0.39 is 0 Å². The highest BCUT2D eigenvalue weighted by Gasteiger charge is 2.20. The first kappa shape index (κ1) is 27.7. The molecule has 0 radical (unpaired) electrons. The summed E-state index contributed by atoms with van der Waals surface area (Å²) in [5.41, 5.74) is 9.66. The monoisotopic (exact) mass is 574 g/mol. The average Bonchev–Trinajstić information content (AvgIpc) is 3.08. The van der Waals surface area contributed by atoms with Crippen LogP contribution in [0.15, 0.2) is 182 Å². The van der Waals surface area contributed by atoms with Crippen LogP contribution in [-0.2, 0) is 0 Å². The molecule has 2 heteroatoms. The Morgan fingerprint density at radius 3 is 0.643 bits per heavy atom. The van der Waals surface area contributed by atoms with E-state index in [0.29, 0.717) is 0 Å². The number of hydrogen-bond donors (Lipinski definition) is 0. The lowest BCUT2D eigenvalue weighted by atomic mass is 9.95. The van der Waals surface area contributed by atoms with Crippen molar-refractivity contribution in [1.82, 2.24) is 0 Å². The molecule has 6 rings (SSSR count). The molecule has 0 N–H and O–H groups in total. The van der Waals surface area contributed by atoms with Crippen LogP contribution in [0.1, 0.15) is 33.4 Å². The molecule has 0 aliphatic rings. The Labute approximate surface area is 256 Å². The van der Waals surface area contributed by atoms with Crippen molar-refractivity contribution in [2.24, 2.45) is 0 Å². The van der Waals surface area contributed by atoms with E-state index in [0.717, 1.165) is 0 Å². The van der Waals surface area contributed by atoms with Gasteiger partial charge in [0.2, 0.25) is 0 Å². The summed E-state index contributed by atoms with van der Waals surface area (Å²) in [4.78, 5) is 2.46. The zero-order chi connectivity index (χ0) is 28.4. The van der Waals surface area contributed by atoms with Gasteiger partial charge in [0.15, 0.2) is 0 Å². The number of rotatable bonds is 9. The molecule has 0 atom stereocenters. The van der Waals surface area contributed by atoms with E-state index in [1.165, 1.54) is 54.3 Å². The molecule has 0 heterocycles. The third-order valence-electron chi connectivity index (χ3n) is 6.98. The van der Waals surface area contributed by atoms with Crippen molar-refractivity contribution >= 4 is 42.5 Å². The fourth-order valence-corrected chi connectivity index (χ4v) is 7.85. The molecule has 0 aliphatic carbocycles. The molecule has 0 amide bonds. The molecule has 6 aromatic rings. The van der Waals surface area contributed by atoms with Crippen molar-refractivity contribution < 1.29 is 0 Å². The molecule has 0 aliphatic heterocycles. The Morgan fingerprint density at radius 1 is 0.238 bits per heavy atom. The topological polar surface area (TPSA) is 0 Å². The third-order valence-corrected chi connectivity index (χ3v) is 9.53. The van der Waals surface area contributed by atoms with Crippen molar-refractivity contribution in [3.8, 4) is 0 Å². The quantitative estimate of drug-likeness (QED) is 0.124. The Hall–Kier alpha value is -4.50. The largest absolute Gasteiger partial charge is 0.0622 e. The van der Waals surface area contributed by atoms with Gasteiger partial charge in [-0.3, -0.25) is 0 Å². The molecule has 0 nitrogen and oxygen atoms in total. The van der Waals surface area contributed by atoms with Crippen LogP contribution < -0.4 is 0 Å². The zero-order valence-corrected chi connectivity index (χ0v) is 24.8. The highest BCUT2D eigenvalue weighted by Crippen LogP contribution is 2.52. The second kappa shape index (κ2) is 13.9. The van der Waals surface area contributed by atoms with E-state index in [9.17, 15) is 0 Å². The summed E-state index contributed by atoms with van der Waals surface area (Å²) < 4.78 is 0. The normalized spacial score (nSPS) is 10.6. The van der Waals surface area contributed by atoms with Gasteiger partial charge in [-0.1, -0.05) is 204 Å². The Kier molecular flexibility index (Phi) is 9.16. The van der Waals surface area contributed by atoms with Crippen LogP contribution in [-0.4, -0.2) is 0 Å². The van der Waals surface area contributed by atoms with Crippen molar-refractivity contribution in [1.29, 1.82) is 0 Å². The number of hydrogen-bond acceptors (Lipinski definition) is 2. The van der Waals surface area contributed by atoms with Gasteiger partial charge in [-0.15, -0.1) is 0 Å². The van der Waals surface area contributed by atoms with Crippen molar-refractivity contribution in [2.45, 2.75) is 0 Å². The minimum Gasteiger partial charge on any atom is -0.0622 e. The second-order valence-electron chi connectivity index (χ2n) is 9.77. The third kappa shape index (κ3) is 6.52. The van der Waals surface area contributed by atoms with Gasteiger partial charge in [-0.2, -0.15) is 0 Å². The van der Waals surface area contributed by atoms with E-state index in [1.807, 2.05) is 21.6 Å². The molecular weight excluding hydrogens is 545 g/mol. The van der Waals surface area contributed by atoms with E-state index in [2.05, 4.69) is 182 Å². The Balaban J connectivity index is 1.58. The average molecular weight is 575 g/mol. The smallest absolute Gasteiger partial charge is 0.0343 e. The van der Waals surface area contributed by atoms with Crippen LogP contribution in [0.3, 0.4) is 0 Å². The summed E-state index contributed by atoms with van der Waals surface area (Å²) >= 11 is 0. The molecular formula is C40H30S2. The van der Waals surface area contributed by atoms with Crippen LogP contribution in [0.4, 0.5) is 0 Å². The summed E-state index contributed by atoms with van der Waals surface area (Å²) in [7, 11) is 3.66. The van der Waals surface area contributed by atoms with Gasteiger partial charge in [0.25, 0.3) is 0 Å². The molecule has 202 valence electrons. The second-order valence-corrected chi connectivity index (χ2v) is 11.9. The predicted molar refractivity (Wildman–Crippen MR) is 186 cm³/mol. The minimum atomic E-state index is 1.20. The standard InChI is InChI=1S/C40H30S2/c1-7-19-31(20-8-1)37(32-21-9-2-10-22-32)39(35-27-15-5-16-28-35)41-42-40(36-29-17-6-18-30-36)38(33-23-11-3-12-24-33)34-25-13-4-14-26-34/h1-30H.